The molecular formula is C16H28N4. The Morgan fingerprint density at radius 1 is 1.40 bits per heavy atom. The van der Waals surface area contributed by atoms with E-state index in [4.69, 9.17) is 0 Å². The van der Waals surface area contributed by atoms with Crippen molar-refractivity contribution in [1.29, 1.82) is 0 Å². The molecule has 0 radical (unpaired) electrons. The second kappa shape index (κ2) is 7.04. The average molecular weight is 276 g/mol. The SMILES string of the molecule is CCN1CCC(N(C)c2ccc(C(C)NC)cn2)CC1. The van der Waals surface area contributed by atoms with E-state index in [1.54, 1.807) is 0 Å². The van der Waals surface area contributed by atoms with Gasteiger partial charge in [0.1, 0.15) is 5.82 Å². The summed E-state index contributed by atoms with van der Waals surface area (Å²) in [4.78, 5) is 9.51. The van der Waals surface area contributed by atoms with Crippen molar-refractivity contribution in [1.82, 2.24) is 15.2 Å². The highest BCUT2D eigenvalue weighted by Crippen LogP contribution is 2.21. The van der Waals surface area contributed by atoms with Crippen LogP contribution >= 0.6 is 0 Å². The highest BCUT2D eigenvalue weighted by Gasteiger charge is 2.22. The standard InChI is InChI=1S/C16H28N4/c1-5-20-10-8-15(9-11-20)19(4)16-7-6-14(12-18-16)13(2)17-3/h6-7,12-13,15,17H,5,8-11H2,1-4H3. The van der Waals surface area contributed by atoms with Crippen molar-refractivity contribution in [2.45, 2.75) is 38.8 Å². The van der Waals surface area contributed by atoms with Gasteiger partial charge in [-0.15, -0.1) is 0 Å². The molecule has 1 aromatic heterocycles. The predicted molar refractivity (Wildman–Crippen MR) is 85.3 cm³/mol. The first kappa shape index (κ1) is 15.3. The molecule has 20 heavy (non-hydrogen) atoms. The molecule has 0 aliphatic carbocycles. The van der Waals surface area contributed by atoms with E-state index in [1.165, 1.54) is 38.0 Å². The van der Waals surface area contributed by atoms with Gasteiger partial charge in [0.25, 0.3) is 0 Å². The van der Waals surface area contributed by atoms with Crippen molar-refractivity contribution < 1.29 is 0 Å². The molecule has 4 nitrogen and oxygen atoms in total. The van der Waals surface area contributed by atoms with E-state index < -0.39 is 0 Å². The summed E-state index contributed by atoms with van der Waals surface area (Å²) < 4.78 is 0. The first-order valence-corrected chi connectivity index (χ1v) is 7.74. The van der Waals surface area contributed by atoms with Crippen molar-refractivity contribution in [2.75, 3.05) is 38.6 Å². The van der Waals surface area contributed by atoms with E-state index in [0.717, 1.165) is 5.82 Å². The molecule has 1 saturated heterocycles. The van der Waals surface area contributed by atoms with Crippen LogP contribution in [0.25, 0.3) is 0 Å². The van der Waals surface area contributed by atoms with Gasteiger partial charge in [0.05, 0.1) is 0 Å². The van der Waals surface area contributed by atoms with E-state index in [1.807, 2.05) is 13.2 Å². The van der Waals surface area contributed by atoms with E-state index in [0.29, 0.717) is 12.1 Å². The van der Waals surface area contributed by atoms with E-state index in [-0.39, 0.29) is 0 Å². The highest BCUT2D eigenvalue weighted by atomic mass is 15.2. The summed E-state index contributed by atoms with van der Waals surface area (Å²) in [6, 6.07) is 5.31. The minimum Gasteiger partial charge on any atom is -0.357 e. The van der Waals surface area contributed by atoms with E-state index >= 15 is 0 Å². The van der Waals surface area contributed by atoms with Crippen LogP contribution in [-0.4, -0.2) is 49.7 Å². The molecule has 0 bridgehead atoms. The lowest BCUT2D eigenvalue weighted by molar-refractivity contribution is 0.220. The Hall–Kier alpha value is -1.13. The molecule has 0 saturated carbocycles. The van der Waals surface area contributed by atoms with Crippen LogP contribution in [0.4, 0.5) is 5.82 Å². The summed E-state index contributed by atoms with van der Waals surface area (Å²) in [5.41, 5.74) is 1.24. The van der Waals surface area contributed by atoms with Crippen LogP contribution in [0.15, 0.2) is 18.3 Å². The molecule has 1 aromatic rings. The molecule has 2 rings (SSSR count). The van der Waals surface area contributed by atoms with Gasteiger partial charge in [-0.05, 0) is 45.0 Å². The third-order valence-corrected chi connectivity index (χ3v) is 4.62. The smallest absolute Gasteiger partial charge is 0.128 e. The number of anilines is 1. The first-order valence-electron chi connectivity index (χ1n) is 7.74. The second-order valence-corrected chi connectivity index (χ2v) is 5.74. The number of nitrogens with one attached hydrogen (secondary N) is 1. The lowest BCUT2D eigenvalue weighted by Gasteiger charge is -2.36. The second-order valence-electron chi connectivity index (χ2n) is 5.74. The van der Waals surface area contributed by atoms with Gasteiger partial charge in [-0.2, -0.15) is 0 Å². The minimum absolute atomic E-state index is 0.356. The van der Waals surface area contributed by atoms with Crippen LogP contribution in [0.2, 0.25) is 0 Å². The topological polar surface area (TPSA) is 31.4 Å². The Balaban J connectivity index is 1.97. The van der Waals surface area contributed by atoms with Crippen LogP contribution in [0.1, 0.15) is 38.3 Å². The molecule has 1 unspecified atom stereocenters. The van der Waals surface area contributed by atoms with E-state index in [9.17, 15) is 0 Å². The summed E-state index contributed by atoms with van der Waals surface area (Å²) in [5.74, 6) is 1.09. The molecule has 4 heteroatoms. The largest absolute Gasteiger partial charge is 0.357 e. The van der Waals surface area contributed by atoms with Gasteiger partial charge in [0, 0.05) is 38.4 Å². The number of nitrogens with zero attached hydrogens (tertiary/aromatic N) is 3. The van der Waals surface area contributed by atoms with Crippen molar-refractivity contribution in [2.24, 2.45) is 0 Å². The minimum atomic E-state index is 0.356. The molecule has 1 aliphatic heterocycles. The van der Waals surface area contributed by atoms with Crippen LogP contribution in [0.3, 0.4) is 0 Å². The van der Waals surface area contributed by atoms with Gasteiger partial charge in [-0.1, -0.05) is 13.0 Å². The molecule has 1 atom stereocenters. The predicted octanol–water partition coefficient (Wildman–Crippen LogP) is 2.28. The fourth-order valence-electron chi connectivity index (χ4n) is 2.84. The number of piperidine rings is 1. The summed E-state index contributed by atoms with van der Waals surface area (Å²) in [6.45, 7) is 7.99. The van der Waals surface area contributed by atoms with E-state index in [2.05, 4.69) is 53.1 Å². The highest BCUT2D eigenvalue weighted by molar-refractivity contribution is 5.40. The molecule has 2 heterocycles. The third kappa shape index (κ3) is 3.49. The van der Waals surface area contributed by atoms with Crippen molar-refractivity contribution in [3.63, 3.8) is 0 Å². The summed E-state index contributed by atoms with van der Waals surface area (Å²) in [6.07, 6.45) is 4.47. The monoisotopic (exact) mass is 276 g/mol. The van der Waals surface area contributed by atoms with Crippen molar-refractivity contribution in [3.05, 3.63) is 23.9 Å². The van der Waals surface area contributed by atoms with Crippen LogP contribution in [-0.2, 0) is 0 Å². The van der Waals surface area contributed by atoms with Crippen molar-refractivity contribution in [3.8, 4) is 0 Å². The van der Waals surface area contributed by atoms with Gasteiger partial charge in [-0.3, -0.25) is 0 Å². The van der Waals surface area contributed by atoms with Crippen LogP contribution < -0.4 is 10.2 Å². The van der Waals surface area contributed by atoms with Gasteiger partial charge in [0.15, 0.2) is 0 Å². The summed E-state index contributed by atoms with van der Waals surface area (Å²) in [5, 5.41) is 3.25. The normalized spacial score (nSPS) is 19.0. The molecule has 1 fully saturated rings. The maximum Gasteiger partial charge on any atom is 0.128 e. The zero-order valence-electron chi connectivity index (χ0n) is 13.3. The van der Waals surface area contributed by atoms with Gasteiger partial charge in [-0.25, -0.2) is 4.98 Å². The molecule has 112 valence electrons. The Morgan fingerprint density at radius 3 is 2.60 bits per heavy atom. The molecular weight excluding hydrogens is 248 g/mol. The number of pyridine rings is 1. The number of rotatable bonds is 5. The van der Waals surface area contributed by atoms with Gasteiger partial charge < -0.3 is 15.1 Å². The third-order valence-electron chi connectivity index (χ3n) is 4.62. The van der Waals surface area contributed by atoms with Crippen molar-refractivity contribution >= 4 is 5.82 Å². The summed E-state index contributed by atoms with van der Waals surface area (Å²) in [7, 11) is 4.15. The maximum atomic E-state index is 4.63. The van der Waals surface area contributed by atoms with Crippen LogP contribution in [0.5, 0.6) is 0 Å². The Bertz CT molecular complexity index is 395. The lowest BCUT2D eigenvalue weighted by atomic mass is 10.0. The number of aromatic nitrogens is 1. The fraction of sp³-hybridized carbons (Fsp3) is 0.688. The zero-order chi connectivity index (χ0) is 14.5. The number of likely N-dealkylation sites (tertiary alicyclic amines) is 1. The fourth-order valence-corrected chi connectivity index (χ4v) is 2.84. The number of hydrogen-bond donors (Lipinski definition) is 1. The lowest BCUT2D eigenvalue weighted by Crippen LogP contribution is -2.43. The first-order chi connectivity index (χ1) is 9.65. The molecule has 1 N–H and O–H groups in total. The quantitative estimate of drug-likeness (QED) is 0.894. The Morgan fingerprint density at radius 2 is 2.10 bits per heavy atom. The molecule has 0 aromatic carbocycles. The summed E-state index contributed by atoms with van der Waals surface area (Å²) >= 11 is 0. The molecule has 0 amide bonds. The van der Waals surface area contributed by atoms with Crippen LogP contribution in [0, 0.1) is 0 Å². The molecule has 0 spiro atoms. The zero-order valence-corrected chi connectivity index (χ0v) is 13.3. The molecule has 1 aliphatic rings. The van der Waals surface area contributed by atoms with Gasteiger partial charge >= 0.3 is 0 Å². The Labute approximate surface area is 123 Å². The number of hydrogen-bond acceptors (Lipinski definition) is 4. The average Bonchev–Trinajstić information content (AvgIpc) is 2.53. The maximum absolute atomic E-state index is 4.63. The van der Waals surface area contributed by atoms with Gasteiger partial charge in [0.2, 0.25) is 0 Å². The Kier molecular flexibility index (Phi) is 5.38.